The summed E-state index contributed by atoms with van der Waals surface area (Å²) in [6.07, 6.45) is 3.70. The highest BCUT2D eigenvalue weighted by Crippen LogP contribution is 2.39. The second-order valence-corrected chi connectivity index (χ2v) is 7.62. The molecule has 2 aromatic rings. The number of hydrogen-bond donors (Lipinski definition) is 1. The second kappa shape index (κ2) is 8.81. The molecule has 2 saturated heterocycles. The van der Waals surface area contributed by atoms with Gasteiger partial charge in [0, 0.05) is 30.9 Å². The summed E-state index contributed by atoms with van der Waals surface area (Å²) in [7, 11) is 0. The number of aromatic nitrogens is 1. The molecule has 2 fully saturated rings. The van der Waals surface area contributed by atoms with Crippen molar-refractivity contribution in [3.8, 4) is 0 Å². The summed E-state index contributed by atoms with van der Waals surface area (Å²) in [6.45, 7) is 6.40. The third-order valence-corrected chi connectivity index (χ3v) is 5.63. The average Bonchev–Trinajstić information content (AvgIpc) is 3.31. The van der Waals surface area contributed by atoms with Crippen LogP contribution in [-0.2, 0) is 14.3 Å². The van der Waals surface area contributed by atoms with Crippen LogP contribution in [0.1, 0.15) is 29.5 Å². The summed E-state index contributed by atoms with van der Waals surface area (Å²) < 4.78 is 11.1. The highest BCUT2D eigenvalue weighted by molar-refractivity contribution is 6.46. The van der Waals surface area contributed by atoms with Crippen LogP contribution in [0.3, 0.4) is 0 Å². The summed E-state index contributed by atoms with van der Waals surface area (Å²) in [5.41, 5.74) is 0.272. The Hall–Kier alpha value is -2.97. The fourth-order valence-corrected chi connectivity index (χ4v) is 4.07. The minimum Gasteiger partial charge on any atom is -0.872 e. The van der Waals surface area contributed by atoms with Crippen LogP contribution in [0.4, 0.5) is 0 Å². The first-order valence-electron chi connectivity index (χ1n) is 10.2. The SMILES string of the molecule is Cc1ccc(C2C(=C([O-])c3ccncc3)C(=O)C(=O)N2CCC[NH+]2CCOCC2)o1. The van der Waals surface area contributed by atoms with E-state index in [4.69, 9.17) is 9.15 Å². The quantitative estimate of drug-likeness (QED) is 0.391. The Morgan fingerprint density at radius 1 is 1.20 bits per heavy atom. The number of rotatable bonds is 6. The molecule has 0 spiro atoms. The van der Waals surface area contributed by atoms with Gasteiger partial charge in [-0.25, -0.2) is 0 Å². The van der Waals surface area contributed by atoms with Gasteiger partial charge in [0.05, 0.1) is 19.8 Å². The van der Waals surface area contributed by atoms with Crippen LogP contribution in [0.15, 0.2) is 46.6 Å². The predicted molar refractivity (Wildman–Crippen MR) is 105 cm³/mol. The summed E-state index contributed by atoms with van der Waals surface area (Å²) >= 11 is 0. The number of ether oxygens (including phenoxy) is 1. The van der Waals surface area contributed by atoms with E-state index in [1.165, 1.54) is 22.2 Å². The number of pyridine rings is 1. The van der Waals surface area contributed by atoms with Crippen molar-refractivity contribution in [1.29, 1.82) is 0 Å². The minimum absolute atomic E-state index is 0.0562. The molecule has 0 bridgehead atoms. The van der Waals surface area contributed by atoms with Crippen LogP contribution in [-0.4, -0.2) is 61.0 Å². The van der Waals surface area contributed by atoms with E-state index in [9.17, 15) is 14.7 Å². The molecule has 8 heteroatoms. The van der Waals surface area contributed by atoms with Gasteiger partial charge in [-0.3, -0.25) is 14.6 Å². The van der Waals surface area contributed by atoms with E-state index in [-0.39, 0.29) is 5.57 Å². The Balaban J connectivity index is 1.63. The van der Waals surface area contributed by atoms with Crippen molar-refractivity contribution in [2.45, 2.75) is 19.4 Å². The lowest BCUT2D eigenvalue weighted by molar-refractivity contribution is -0.908. The molecule has 30 heavy (non-hydrogen) atoms. The fraction of sp³-hybridized carbons (Fsp3) is 0.409. The average molecular weight is 411 g/mol. The fourth-order valence-electron chi connectivity index (χ4n) is 4.07. The zero-order valence-electron chi connectivity index (χ0n) is 16.9. The number of carbonyl (C=O) groups is 2. The maximum Gasteiger partial charge on any atom is 0.295 e. The van der Waals surface area contributed by atoms with Gasteiger partial charge in [-0.1, -0.05) is 5.76 Å². The number of likely N-dealkylation sites (tertiary alicyclic amines) is 1. The summed E-state index contributed by atoms with van der Waals surface area (Å²) in [5.74, 6) is -0.776. The number of morpholine rings is 1. The molecule has 4 heterocycles. The lowest BCUT2D eigenvalue weighted by Gasteiger charge is -2.27. The van der Waals surface area contributed by atoms with Crippen LogP contribution in [0.25, 0.3) is 5.76 Å². The van der Waals surface area contributed by atoms with Gasteiger partial charge >= 0.3 is 0 Å². The van der Waals surface area contributed by atoms with Crippen molar-refractivity contribution in [2.24, 2.45) is 0 Å². The van der Waals surface area contributed by atoms with Crippen molar-refractivity contribution in [3.05, 3.63) is 59.3 Å². The number of ketones is 1. The Labute approximate surface area is 174 Å². The van der Waals surface area contributed by atoms with E-state index in [0.29, 0.717) is 23.6 Å². The number of amides is 1. The Morgan fingerprint density at radius 2 is 1.93 bits per heavy atom. The molecule has 1 atom stereocenters. The summed E-state index contributed by atoms with van der Waals surface area (Å²) in [5, 5.41) is 13.1. The van der Waals surface area contributed by atoms with Crippen molar-refractivity contribution in [3.63, 3.8) is 0 Å². The number of carbonyl (C=O) groups excluding carboxylic acids is 2. The van der Waals surface area contributed by atoms with Gasteiger partial charge in [0.25, 0.3) is 5.91 Å². The standard InChI is InChI=1S/C22H25N3O5/c1-15-3-4-17(30-15)19-18(20(26)16-5-7-23-8-6-16)21(27)22(28)25(19)10-2-9-24-11-13-29-14-12-24/h3-8,19,26H,2,9-14H2,1H3. The molecule has 1 N–H and O–H groups in total. The Morgan fingerprint density at radius 3 is 2.60 bits per heavy atom. The Bertz CT molecular complexity index is 947. The van der Waals surface area contributed by atoms with Gasteiger partial charge in [0.15, 0.2) is 0 Å². The number of hydrogen-bond acceptors (Lipinski definition) is 6. The highest BCUT2D eigenvalue weighted by Gasteiger charge is 2.45. The molecular formula is C22H25N3O5. The molecule has 8 nitrogen and oxygen atoms in total. The first kappa shape index (κ1) is 20.3. The molecule has 4 rings (SSSR count). The second-order valence-electron chi connectivity index (χ2n) is 7.62. The number of nitrogens with zero attached hydrogens (tertiary/aromatic N) is 2. The molecule has 158 valence electrons. The van der Waals surface area contributed by atoms with Gasteiger partial charge in [-0.2, -0.15) is 0 Å². The van der Waals surface area contributed by atoms with E-state index in [0.717, 1.165) is 39.3 Å². The van der Waals surface area contributed by atoms with Gasteiger partial charge in [0.2, 0.25) is 5.78 Å². The van der Waals surface area contributed by atoms with Crippen molar-refractivity contribution in [1.82, 2.24) is 9.88 Å². The van der Waals surface area contributed by atoms with E-state index in [2.05, 4.69) is 4.98 Å². The number of furan rings is 1. The smallest absolute Gasteiger partial charge is 0.295 e. The first-order chi connectivity index (χ1) is 14.6. The topological polar surface area (TPSA) is 100 Å². The maximum absolute atomic E-state index is 13.1. The molecule has 2 aliphatic heterocycles. The van der Waals surface area contributed by atoms with Crippen LogP contribution in [0, 0.1) is 6.92 Å². The van der Waals surface area contributed by atoms with Crippen LogP contribution in [0.5, 0.6) is 0 Å². The number of aryl methyl sites for hydroxylation is 1. The molecule has 2 aromatic heterocycles. The highest BCUT2D eigenvalue weighted by atomic mass is 16.5. The number of nitrogens with one attached hydrogen (secondary N) is 1. The third kappa shape index (κ3) is 4.01. The van der Waals surface area contributed by atoms with Gasteiger partial charge in [-0.05, 0) is 36.8 Å². The van der Waals surface area contributed by atoms with Gasteiger partial charge < -0.3 is 24.1 Å². The van der Waals surface area contributed by atoms with Crippen LogP contribution >= 0.6 is 0 Å². The van der Waals surface area contributed by atoms with Crippen LogP contribution in [0.2, 0.25) is 0 Å². The van der Waals surface area contributed by atoms with E-state index in [1.807, 2.05) is 0 Å². The summed E-state index contributed by atoms with van der Waals surface area (Å²) in [6, 6.07) is 5.78. The largest absolute Gasteiger partial charge is 0.872 e. The zero-order valence-corrected chi connectivity index (χ0v) is 16.9. The first-order valence-corrected chi connectivity index (χ1v) is 10.2. The molecule has 0 saturated carbocycles. The van der Waals surface area contributed by atoms with Crippen molar-refractivity contribution in [2.75, 3.05) is 39.4 Å². The summed E-state index contributed by atoms with van der Waals surface area (Å²) in [4.78, 5) is 32.5. The molecule has 0 radical (unpaired) electrons. The lowest BCUT2D eigenvalue weighted by atomic mass is 10.00. The van der Waals surface area contributed by atoms with Crippen LogP contribution < -0.4 is 10.0 Å². The zero-order chi connectivity index (χ0) is 21.1. The number of Topliss-reactive ketones (excluding diaryl/α,β-unsaturated/α-hetero) is 1. The monoisotopic (exact) mass is 411 g/mol. The van der Waals surface area contributed by atoms with Crippen molar-refractivity contribution >= 4 is 17.4 Å². The minimum atomic E-state index is -0.806. The van der Waals surface area contributed by atoms with Crippen molar-refractivity contribution < 1.29 is 28.7 Å². The molecule has 1 unspecified atom stereocenters. The molecule has 2 aliphatic rings. The molecule has 0 aromatic carbocycles. The lowest BCUT2D eigenvalue weighted by Crippen LogP contribution is -3.14. The Kier molecular flexibility index (Phi) is 5.96. The maximum atomic E-state index is 13.1. The molecular weight excluding hydrogens is 386 g/mol. The predicted octanol–water partition coefficient (Wildman–Crippen LogP) is -0.488. The molecule has 1 amide bonds. The van der Waals surface area contributed by atoms with E-state index >= 15 is 0 Å². The molecule has 0 aliphatic carbocycles. The van der Waals surface area contributed by atoms with E-state index in [1.54, 1.807) is 31.2 Å². The van der Waals surface area contributed by atoms with Gasteiger partial charge in [0.1, 0.15) is 30.7 Å². The van der Waals surface area contributed by atoms with E-state index < -0.39 is 23.5 Å². The number of quaternary nitrogens is 1. The normalized spacial score (nSPS) is 22.0. The van der Waals surface area contributed by atoms with Gasteiger partial charge in [-0.15, -0.1) is 0 Å². The third-order valence-electron chi connectivity index (χ3n) is 5.63.